The van der Waals surface area contributed by atoms with Gasteiger partial charge >= 0.3 is 5.97 Å². The summed E-state index contributed by atoms with van der Waals surface area (Å²) in [4.78, 5) is 11.1. The van der Waals surface area contributed by atoms with Crippen LogP contribution in [0.25, 0.3) is 0 Å². The highest BCUT2D eigenvalue weighted by molar-refractivity contribution is 9.10. The lowest BCUT2D eigenvalue weighted by atomic mass is 9.93. The Hall–Kier alpha value is -0.870. The van der Waals surface area contributed by atoms with Crippen LogP contribution in [-0.4, -0.2) is 23.8 Å². The van der Waals surface area contributed by atoms with E-state index in [0.29, 0.717) is 6.42 Å². The summed E-state index contributed by atoms with van der Waals surface area (Å²) in [6, 6.07) is 7.73. The fraction of sp³-hybridized carbons (Fsp3) is 0.364. The fourth-order valence-corrected chi connectivity index (χ4v) is 2.08. The number of cyclic esters (lactones) is 1. The molecule has 1 N–H and O–H groups in total. The number of carbonyl (C=O) groups is 1. The van der Waals surface area contributed by atoms with Gasteiger partial charge in [-0.3, -0.25) is 4.79 Å². The Balaban J connectivity index is 2.22. The number of hydrogen-bond donors (Lipinski definition) is 1. The highest BCUT2D eigenvalue weighted by Gasteiger charge is 2.35. The first kappa shape index (κ1) is 10.6. The molecule has 0 aromatic heterocycles. The molecule has 0 radical (unpaired) electrons. The van der Waals surface area contributed by atoms with Crippen molar-refractivity contribution >= 4 is 21.9 Å². The van der Waals surface area contributed by atoms with Crippen molar-refractivity contribution in [3.8, 4) is 0 Å². The summed E-state index contributed by atoms with van der Waals surface area (Å²) in [6.45, 7) is -0.119. The van der Waals surface area contributed by atoms with E-state index >= 15 is 0 Å². The van der Waals surface area contributed by atoms with E-state index in [1.807, 2.05) is 24.3 Å². The lowest BCUT2D eigenvalue weighted by molar-refractivity contribution is -0.142. The average molecular weight is 271 g/mol. The number of aliphatic hydroxyl groups is 1. The van der Waals surface area contributed by atoms with Crippen molar-refractivity contribution in [2.75, 3.05) is 6.61 Å². The standard InChI is InChI=1S/C11H11BrO3/c12-8-3-1-7(2-4-8)9-5-11(14)15-10(9)6-13/h1-4,9-10,13H,5-6H2/t9-,10+/m0/s1. The van der Waals surface area contributed by atoms with E-state index in [0.717, 1.165) is 10.0 Å². The van der Waals surface area contributed by atoms with Crippen molar-refractivity contribution in [3.05, 3.63) is 34.3 Å². The Labute approximate surface area is 96.2 Å². The Morgan fingerprint density at radius 3 is 2.67 bits per heavy atom. The van der Waals surface area contributed by atoms with E-state index in [1.54, 1.807) is 0 Å². The van der Waals surface area contributed by atoms with Gasteiger partial charge in [0.25, 0.3) is 0 Å². The zero-order chi connectivity index (χ0) is 10.8. The van der Waals surface area contributed by atoms with Gasteiger partial charge < -0.3 is 9.84 Å². The number of esters is 1. The van der Waals surface area contributed by atoms with Gasteiger partial charge in [-0.15, -0.1) is 0 Å². The molecule has 1 aliphatic rings. The third-order valence-electron chi connectivity index (χ3n) is 2.60. The number of rotatable bonds is 2. The van der Waals surface area contributed by atoms with E-state index in [2.05, 4.69) is 15.9 Å². The van der Waals surface area contributed by atoms with Crippen LogP contribution in [0.5, 0.6) is 0 Å². The normalized spacial score (nSPS) is 25.3. The maximum atomic E-state index is 11.1. The molecule has 2 atom stereocenters. The molecule has 1 aromatic rings. The van der Waals surface area contributed by atoms with Gasteiger partial charge in [0.05, 0.1) is 13.0 Å². The molecule has 3 nitrogen and oxygen atoms in total. The number of aliphatic hydroxyl groups excluding tert-OH is 1. The van der Waals surface area contributed by atoms with Crippen LogP contribution < -0.4 is 0 Å². The molecule has 0 bridgehead atoms. The third-order valence-corrected chi connectivity index (χ3v) is 3.12. The summed E-state index contributed by atoms with van der Waals surface area (Å²) in [5.74, 6) is -0.252. The molecule has 80 valence electrons. The van der Waals surface area contributed by atoms with Gasteiger partial charge in [-0.2, -0.15) is 0 Å². The van der Waals surface area contributed by atoms with Gasteiger partial charge in [-0.25, -0.2) is 0 Å². The second-order valence-electron chi connectivity index (χ2n) is 3.57. The quantitative estimate of drug-likeness (QED) is 0.835. The summed E-state index contributed by atoms with van der Waals surface area (Å²) in [5.41, 5.74) is 1.03. The average Bonchev–Trinajstić information content (AvgIpc) is 2.61. The van der Waals surface area contributed by atoms with Crippen LogP contribution in [0, 0.1) is 0 Å². The highest BCUT2D eigenvalue weighted by Crippen LogP contribution is 2.32. The molecule has 0 spiro atoms. The summed E-state index contributed by atoms with van der Waals surface area (Å²) in [7, 11) is 0. The molecule has 2 rings (SSSR count). The molecule has 1 fully saturated rings. The molecule has 1 saturated heterocycles. The number of hydrogen-bond acceptors (Lipinski definition) is 3. The molecule has 1 heterocycles. The van der Waals surface area contributed by atoms with Gasteiger partial charge in [0.1, 0.15) is 6.10 Å². The maximum absolute atomic E-state index is 11.1. The minimum atomic E-state index is -0.390. The van der Waals surface area contributed by atoms with Gasteiger partial charge in [0.15, 0.2) is 0 Å². The van der Waals surface area contributed by atoms with Gasteiger partial charge in [-0.1, -0.05) is 28.1 Å². The molecular formula is C11H11BrO3. The highest BCUT2D eigenvalue weighted by atomic mass is 79.9. The molecule has 0 unspecified atom stereocenters. The van der Waals surface area contributed by atoms with E-state index in [9.17, 15) is 4.79 Å². The second-order valence-corrected chi connectivity index (χ2v) is 4.49. The summed E-state index contributed by atoms with van der Waals surface area (Å²) in [5, 5.41) is 9.08. The predicted molar refractivity (Wildman–Crippen MR) is 58.5 cm³/mol. The van der Waals surface area contributed by atoms with Crippen molar-refractivity contribution in [1.29, 1.82) is 0 Å². The zero-order valence-corrected chi connectivity index (χ0v) is 9.61. The first-order valence-electron chi connectivity index (χ1n) is 4.76. The summed E-state index contributed by atoms with van der Waals surface area (Å²) >= 11 is 3.35. The lowest BCUT2D eigenvalue weighted by Gasteiger charge is -2.15. The fourth-order valence-electron chi connectivity index (χ4n) is 1.82. The molecule has 4 heteroatoms. The molecule has 0 saturated carbocycles. The van der Waals surface area contributed by atoms with Crippen molar-refractivity contribution in [2.24, 2.45) is 0 Å². The van der Waals surface area contributed by atoms with E-state index in [4.69, 9.17) is 9.84 Å². The minimum absolute atomic E-state index is 0.0180. The van der Waals surface area contributed by atoms with Crippen LogP contribution in [0.1, 0.15) is 17.9 Å². The number of carbonyl (C=O) groups excluding carboxylic acids is 1. The van der Waals surface area contributed by atoms with Gasteiger partial charge in [0, 0.05) is 10.4 Å². The van der Waals surface area contributed by atoms with E-state index < -0.39 is 6.10 Å². The third kappa shape index (κ3) is 2.21. The number of ether oxygens (including phenoxy) is 1. The topological polar surface area (TPSA) is 46.5 Å². The number of benzene rings is 1. The predicted octanol–water partition coefficient (Wildman–Crippen LogP) is 1.84. The van der Waals surface area contributed by atoms with Crippen LogP contribution in [0.3, 0.4) is 0 Å². The van der Waals surface area contributed by atoms with Crippen molar-refractivity contribution < 1.29 is 14.6 Å². The van der Waals surface area contributed by atoms with Gasteiger partial charge in [0.2, 0.25) is 0 Å². The molecular weight excluding hydrogens is 260 g/mol. The molecule has 15 heavy (non-hydrogen) atoms. The Bertz CT molecular complexity index is 361. The first-order chi connectivity index (χ1) is 7.20. The monoisotopic (exact) mass is 270 g/mol. The van der Waals surface area contributed by atoms with Crippen molar-refractivity contribution in [3.63, 3.8) is 0 Å². The zero-order valence-electron chi connectivity index (χ0n) is 8.02. The smallest absolute Gasteiger partial charge is 0.306 e. The van der Waals surface area contributed by atoms with Gasteiger partial charge in [-0.05, 0) is 17.7 Å². The van der Waals surface area contributed by atoms with Crippen LogP contribution in [-0.2, 0) is 9.53 Å². The minimum Gasteiger partial charge on any atom is -0.459 e. The van der Waals surface area contributed by atoms with Crippen LogP contribution in [0.4, 0.5) is 0 Å². The molecule has 0 amide bonds. The van der Waals surface area contributed by atoms with E-state index in [-0.39, 0.29) is 18.5 Å². The van der Waals surface area contributed by atoms with Crippen LogP contribution >= 0.6 is 15.9 Å². The lowest BCUT2D eigenvalue weighted by Crippen LogP contribution is -2.18. The maximum Gasteiger partial charge on any atom is 0.306 e. The molecule has 0 aliphatic carbocycles. The molecule has 1 aromatic carbocycles. The van der Waals surface area contributed by atoms with Crippen molar-refractivity contribution in [2.45, 2.75) is 18.4 Å². The Morgan fingerprint density at radius 1 is 1.40 bits per heavy atom. The number of halogens is 1. The summed E-state index contributed by atoms with van der Waals surface area (Å²) in [6.07, 6.45) is -0.0361. The Kier molecular flexibility index (Phi) is 3.07. The van der Waals surface area contributed by atoms with Crippen LogP contribution in [0.2, 0.25) is 0 Å². The second kappa shape index (κ2) is 4.33. The SMILES string of the molecule is O=C1C[C@@H](c2ccc(Br)cc2)[C@@H](CO)O1. The van der Waals surface area contributed by atoms with Crippen LogP contribution in [0.15, 0.2) is 28.7 Å². The van der Waals surface area contributed by atoms with E-state index in [1.165, 1.54) is 0 Å². The first-order valence-corrected chi connectivity index (χ1v) is 5.56. The molecule has 1 aliphatic heterocycles. The Morgan fingerprint density at radius 2 is 2.07 bits per heavy atom. The summed E-state index contributed by atoms with van der Waals surface area (Å²) < 4.78 is 6.00. The van der Waals surface area contributed by atoms with Crippen molar-refractivity contribution in [1.82, 2.24) is 0 Å². The largest absolute Gasteiger partial charge is 0.459 e.